The molecule has 0 spiro atoms. The Labute approximate surface area is 187 Å². The van der Waals surface area contributed by atoms with Crippen LogP contribution in [-0.2, 0) is 13.0 Å². The number of allylic oxidation sites excluding steroid dienone is 1. The molecule has 3 aromatic rings. The lowest BCUT2D eigenvalue weighted by Gasteiger charge is -2.19. The second kappa shape index (κ2) is 8.79. The summed E-state index contributed by atoms with van der Waals surface area (Å²) in [4.78, 5) is 4.76. The van der Waals surface area contributed by atoms with Gasteiger partial charge < -0.3 is 18.9 Å². The molecule has 0 atom stereocenters. The molecule has 0 amide bonds. The number of ether oxygens (including phenoxy) is 4. The van der Waals surface area contributed by atoms with Gasteiger partial charge in [-0.2, -0.15) is 0 Å². The van der Waals surface area contributed by atoms with Crippen LogP contribution in [-0.4, -0.2) is 26.2 Å². The van der Waals surface area contributed by atoms with Crippen LogP contribution < -0.4 is 18.9 Å². The number of aliphatic imine (C=N–C) groups is 1. The van der Waals surface area contributed by atoms with Crippen LogP contribution in [0.15, 0.2) is 65.7 Å². The van der Waals surface area contributed by atoms with E-state index in [1.165, 1.54) is 5.56 Å². The molecule has 3 aromatic carbocycles. The van der Waals surface area contributed by atoms with E-state index in [9.17, 15) is 0 Å². The van der Waals surface area contributed by atoms with Crippen molar-refractivity contribution in [2.24, 2.45) is 4.99 Å². The second-order valence-electron chi connectivity index (χ2n) is 7.85. The lowest BCUT2D eigenvalue weighted by molar-refractivity contribution is 0.174. The third-order valence-corrected chi connectivity index (χ3v) is 5.75. The van der Waals surface area contributed by atoms with Crippen molar-refractivity contribution in [1.29, 1.82) is 0 Å². The predicted molar refractivity (Wildman–Crippen MR) is 125 cm³/mol. The smallest absolute Gasteiger partial charge is 0.231 e. The number of benzene rings is 3. The molecule has 2 heterocycles. The van der Waals surface area contributed by atoms with Crippen molar-refractivity contribution in [3.8, 4) is 23.0 Å². The van der Waals surface area contributed by atoms with Crippen LogP contribution in [0.25, 0.3) is 6.08 Å². The zero-order chi connectivity index (χ0) is 21.9. The van der Waals surface area contributed by atoms with Crippen LogP contribution in [0.4, 0.5) is 0 Å². The quantitative estimate of drug-likeness (QED) is 0.531. The molecule has 32 heavy (non-hydrogen) atoms. The molecule has 0 fully saturated rings. The summed E-state index contributed by atoms with van der Waals surface area (Å²) in [5.41, 5.74) is 6.57. The Kier molecular flexibility index (Phi) is 5.55. The van der Waals surface area contributed by atoms with Gasteiger partial charge in [-0.15, -0.1) is 0 Å². The van der Waals surface area contributed by atoms with Gasteiger partial charge in [0.2, 0.25) is 6.79 Å². The molecule has 0 N–H and O–H groups in total. The molecule has 5 nitrogen and oxygen atoms in total. The molecule has 2 aliphatic heterocycles. The highest BCUT2D eigenvalue weighted by atomic mass is 16.7. The Balaban J connectivity index is 1.40. The zero-order valence-electron chi connectivity index (χ0n) is 18.3. The first-order chi connectivity index (χ1) is 15.7. The van der Waals surface area contributed by atoms with Gasteiger partial charge in [-0.25, -0.2) is 0 Å². The van der Waals surface area contributed by atoms with Gasteiger partial charge in [0.05, 0.1) is 12.8 Å². The number of aryl methyl sites for hydroxylation is 1. The molecule has 5 heteroatoms. The first-order valence-electron chi connectivity index (χ1n) is 10.7. The Morgan fingerprint density at radius 1 is 0.969 bits per heavy atom. The molecule has 0 radical (unpaired) electrons. The van der Waals surface area contributed by atoms with E-state index in [0.717, 1.165) is 58.2 Å². The molecule has 2 aliphatic rings. The molecular weight excluding hydrogens is 402 g/mol. The minimum Gasteiger partial charge on any atom is -0.493 e. The lowest BCUT2D eigenvalue weighted by atomic mass is 9.95. The zero-order valence-corrected chi connectivity index (χ0v) is 18.3. The van der Waals surface area contributed by atoms with Crippen LogP contribution >= 0.6 is 0 Å². The summed E-state index contributed by atoms with van der Waals surface area (Å²) in [7, 11) is 1.67. The van der Waals surface area contributed by atoms with Crippen LogP contribution in [0, 0.1) is 6.92 Å². The van der Waals surface area contributed by atoms with Gasteiger partial charge in [-0.3, -0.25) is 4.99 Å². The molecule has 0 aliphatic carbocycles. The van der Waals surface area contributed by atoms with E-state index in [2.05, 4.69) is 37.3 Å². The second-order valence-corrected chi connectivity index (χ2v) is 7.85. The van der Waals surface area contributed by atoms with Crippen LogP contribution in [0.3, 0.4) is 0 Å². The molecular formula is C27H25NO4. The maximum Gasteiger partial charge on any atom is 0.231 e. The van der Waals surface area contributed by atoms with Crippen molar-refractivity contribution in [3.05, 3.63) is 88.5 Å². The van der Waals surface area contributed by atoms with Gasteiger partial charge in [-0.05, 0) is 65.9 Å². The molecule has 0 bridgehead atoms. The fourth-order valence-corrected chi connectivity index (χ4v) is 3.99. The third-order valence-electron chi connectivity index (χ3n) is 5.75. The van der Waals surface area contributed by atoms with Gasteiger partial charge in [0, 0.05) is 12.1 Å². The highest BCUT2D eigenvalue weighted by Crippen LogP contribution is 2.36. The fraction of sp³-hybridized carbons (Fsp3) is 0.222. The molecule has 162 valence electrons. The van der Waals surface area contributed by atoms with Gasteiger partial charge >= 0.3 is 0 Å². The maximum absolute atomic E-state index is 6.09. The Bertz CT molecular complexity index is 1200. The van der Waals surface area contributed by atoms with Crippen LogP contribution in [0.2, 0.25) is 0 Å². The summed E-state index contributed by atoms with van der Waals surface area (Å²) in [5, 5.41) is 0. The Morgan fingerprint density at radius 3 is 2.59 bits per heavy atom. The summed E-state index contributed by atoms with van der Waals surface area (Å²) in [6, 6.07) is 18.3. The van der Waals surface area contributed by atoms with E-state index in [4.69, 9.17) is 23.9 Å². The minimum absolute atomic E-state index is 0.274. The number of hydrogen-bond acceptors (Lipinski definition) is 5. The normalized spacial score (nSPS) is 14.2. The number of hydrogen-bond donors (Lipinski definition) is 0. The lowest BCUT2D eigenvalue weighted by Crippen LogP contribution is -2.12. The SMILES string of the molecule is COc1cc2c(cc1OCc1ccccc1)CCN=C2/C=C/c1cc2c(cc1C)OCO2. The average Bonchev–Trinajstić information content (AvgIpc) is 3.28. The van der Waals surface area contributed by atoms with Crippen molar-refractivity contribution >= 4 is 11.8 Å². The van der Waals surface area contributed by atoms with Gasteiger partial charge in [0.1, 0.15) is 6.61 Å². The van der Waals surface area contributed by atoms with Crippen LogP contribution in [0.5, 0.6) is 23.0 Å². The topological polar surface area (TPSA) is 49.3 Å². The van der Waals surface area contributed by atoms with Crippen molar-refractivity contribution in [2.75, 3.05) is 20.4 Å². The third kappa shape index (κ3) is 4.06. The van der Waals surface area contributed by atoms with E-state index in [1.807, 2.05) is 36.4 Å². The van der Waals surface area contributed by atoms with E-state index >= 15 is 0 Å². The highest BCUT2D eigenvalue weighted by Gasteiger charge is 2.18. The van der Waals surface area contributed by atoms with E-state index in [1.54, 1.807) is 7.11 Å². The average molecular weight is 428 g/mol. The molecule has 0 saturated heterocycles. The van der Waals surface area contributed by atoms with Crippen LogP contribution in [0.1, 0.15) is 27.8 Å². The Hall–Kier alpha value is -3.73. The number of nitrogens with zero attached hydrogens (tertiary/aromatic N) is 1. The molecule has 0 aromatic heterocycles. The molecule has 5 rings (SSSR count). The summed E-state index contributed by atoms with van der Waals surface area (Å²) in [6.07, 6.45) is 5.02. The van der Waals surface area contributed by atoms with Crippen molar-refractivity contribution in [1.82, 2.24) is 0 Å². The number of fused-ring (bicyclic) bond motifs is 2. The van der Waals surface area contributed by atoms with Crippen molar-refractivity contribution in [3.63, 3.8) is 0 Å². The first kappa shape index (κ1) is 20.2. The largest absolute Gasteiger partial charge is 0.493 e. The Morgan fingerprint density at radius 2 is 1.78 bits per heavy atom. The summed E-state index contributed by atoms with van der Waals surface area (Å²) < 4.78 is 22.7. The monoisotopic (exact) mass is 427 g/mol. The molecule has 0 unspecified atom stereocenters. The standard InChI is InChI=1S/C27H25NO4/c1-18-12-25-27(32-17-31-25)13-20(18)8-9-23-22-15-24(29-2)26(14-21(22)10-11-28-23)30-16-19-6-4-3-5-7-19/h3-9,12-15H,10-11,16-17H2,1-2H3/b9-8+. The van der Waals surface area contributed by atoms with Crippen molar-refractivity contribution in [2.45, 2.75) is 20.0 Å². The van der Waals surface area contributed by atoms with E-state index < -0.39 is 0 Å². The van der Waals surface area contributed by atoms with Crippen molar-refractivity contribution < 1.29 is 18.9 Å². The maximum atomic E-state index is 6.09. The number of methoxy groups -OCH3 is 1. The highest BCUT2D eigenvalue weighted by molar-refractivity contribution is 6.12. The van der Waals surface area contributed by atoms with Gasteiger partial charge in [-0.1, -0.05) is 36.4 Å². The first-order valence-corrected chi connectivity index (χ1v) is 10.7. The van der Waals surface area contributed by atoms with E-state index in [-0.39, 0.29) is 6.79 Å². The van der Waals surface area contributed by atoms with Gasteiger partial charge in [0.25, 0.3) is 0 Å². The summed E-state index contributed by atoms with van der Waals surface area (Å²) >= 11 is 0. The predicted octanol–water partition coefficient (Wildman–Crippen LogP) is 5.37. The van der Waals surface area contributed by atoms with Gasteiger partial charge in [0.15, 0.2) is 23.0 Å². The fourth-order valence-electron chi connectivity index (χ4n) is 3.99. The summed E-state index contributed by atoms with van der Waals surface area (Å²) in [5.74, 6) is 3.05. The number of rotatable bonds is 6. The van der Waals surface area contributed by atoms with E-state index in [0.29, 0.717) is 12.4 Å². The summed E-state index contributed by atoms with van der Waals surface area (Å²) in [6.45, 7) is 3.59. The molecule has 0 saturated carbocycles. The minimum atomic E-state index is 0.274.